The smallest absolute Gasteiger partial charge is 0.295 e. The molecule has 0 bridgehead atoms. The number of benzene rings is 2. The third kappa shape index (κ3) is 4.16. The Kier molecular flexibility index (Phi) is 6.25. The van der Waals surface area contributed by atoms with Gasteiger partial charge in [-0.05, 0) is 61.8 Å². The second-order valence-electron chi connectivity index (χ2n) is 8.72. The summed E-state index contributed by atoms with van der Waals surface area (Å²) in [5.74, 6) is 0.411. The van der Waals surface area contributed by atoms with Crippen LogP contribution in [0.2, 0.25) is 0 Å². The van der Waals surface area contributed by atoms with E-state index >= 15 is 0 Å². The number of nitrogens with zero attached hydrogens (tertiary/aromatic N) is 2. The molecule has 0 aliphatic carbocycles. The average molecular weight is 481 g/mol. The second-order valence-corrected chi connectivity index (χ2v) is 8.72. The van der Waals surface area contributed by atoms with E-state index in [0.717, 1.165) is 25.9 Å². The van der Waals surface area contributed by atoms with Crippen LogP contribution in [0.1, 0.15) is 30.0 Å². The minimum Gasteiger partial charge on any atom is -0.507 e. The Hall–Kier alpha value is -3.72. The van der Waals surface area contributed by atoms with Crippen molar-refractivity contribution in [1.82, 2.24) is 9.80 Å². The quantitative estimate of drug-likeness (QED) is 0.367. The average Bonchev–Trinajstić information content (AvgIpc) is 3.62. The number of amides is 1. The Morgan fingerprint density at radius 1 is 0.971 bits per heavy atom. The molecule has 0 radical (unpaired) electrons. The zero-order valence-electron chi connectivity index (χ0n) is 19.8. The van der Waals surface area contributed by atoms with Crippen LogP contribution in [-0.4, -0.2) is 73.8 Å². The largest absolute Gasteiger partial charge is 0.507 e. The second kappa shape index (κ2) is 9.50. The van der Waals surface area contributed by atoms with Gasteiger partial charge in [0.1, 0.15) is 5.76 Å². The molecule has 2 aromatic rings. The Labute approximate surface area is 203 Å². The monoisotopic (exact) mass is 480 g/mol. The van der Waals surface area contributed by atoms with Crippen molar-refractivity contribution in [3.05, 3.63) is 53.1 Å². The van der Waals surface area contributed by atoms with Gasteiger partial charge in [0.2, 0.25) is 6.79 Å². The maximum atomic E-state index is 13.3. The lowest BCUT2D eigenvalue weighted by atomic mass is 9.95. The summed E-state index contributed by atoms with van der Waals surface area (Å²) in [7, 11) is 3.01. The highest BCUT2D eigenvalue weighted by atomic mass is 16.7. The van der Waals surface area contributed by atoms with Gasteiger partial charge in [-0.3, -0.25) is 9.59 Å². The summed E-state index contributed by atoms with van der Waals surface area (Å²) in [5.41, 5.74) is 1.05. The van der Waals surface area contributed by atoms with E-state index in [1.807, 2.05) is 0 Å². The number of aliphatic hydroxyl groups excluding tert-OH is 1. The van der Waals surface area contributed by atoms with Crippen molar-refractivity contribution in [2.45, 2.75) is 18.9 Å². The maximum absolute atomic E-state index is 13.3. The first-order valence-electron chi connectivity index (χ1n) is 11.6. The summed E-state index contributed by atoms with van der Waals surface area (Å²) < 4.78 is 21.6. The fourth-order valence-electron chi connectivity index (χ4n) is 4.93. The van der Waals surface area contributed by atoms with Crippen molar-refractivity contribution in [3.63, 3.8) is 0 Å². The van der Waals surface area contributed by atoms with E-state index in [0.29, 0.717) is 47.2 Å². The molecule has 0 aromatic heterocycles. The topological polar surface area (TPSA) is 97.8 Å². The predicted molar refractivity (Wildman–Crippen MR) is 127 cm³/mol. The summed E-state index contributed by atoms with van der Waals surface area (Å²) in [6.45, 7) is 3.09. The Bertz CT molecular complexity index is 1190. The number of likely N-dealkylation sites (tertiary alicyclic amines) is 2. The van der Waals surface area contributed by atoms with Crippen molar-refractivity contribution in [2.24, 2.45) is 0 Å². The van der Waals surface area contributed by atoms with E-state index in [2.05, 4.69) is 4.90 Å². The van der Waals surface area contributed by atoms with Crippen LogP contribution < -0.4 is 18.9 Å². The molecule has 5 rings (SSSR count). The molecule has 2 saturated heterocycles. The molecule has 0 unspecified atom stereocenters. The van der Waals surface area contributed by atoms with Crippen LogP contribution in [0, 0.1) is 0 Å². The summed E-state index contributed by atoms with van der Waals surface area (Å²) in [6.07, 6.45) is 2.26. The molecular formula is C26H28N2O7. The van der Waals surface area contributed by atoms with E-state index in [1.54, 1.807) is 41.3 Å². The van der Waals surface area contributed by atoms with Gasteiger partial charge in [-0.15, -0.1) is 0 Å². The lowest BCUT2D eigenvalue weighted by molar-refractivity contribution is -0.140. The first-order chi connectivity index (χ1) is 17.0. The molecule has 0 spiro atoms. The number of carbonyl (C=O) groups is 2. The van der Waals surface area contributed by atoms with Gasteiger partial charge in [0.15, 0.2) is 23.0 Å². The molecular weight excluding hydrogens is 452 g/mol. The molecule has 3 heterocycles. The molecule has 1 amide bonds. The normalized spacial score (nSPS) is 21.1. The summed E-state index contributed by atoms with van der Waals surface area (Å²) in [4.78, 5) is 30.3. The third-order valence-electron chi connectivity index (χ3n) is 6.77. The van der Waals surface area contributed by atoms with Crippen LogP contribution in [0.15, 0.2) is 42.0 Å². The van der Waals surface area contributed by atoms with Gasteiger partial charge < -0.3 is 33.9 Å². The van der Waals surface area contributed by atoms with E-state index in [1.165, 1.54) is 14.2 Å². The summed E-state index contributed by atoms with van der Waals surface area (Å²) in [6, 6.07) is 9.42. The standard InChI is InChI=1S/C26H28N2O7/c1-32-18-7-6-17(14-20(18)33-2)24(29)22-23(16-5-8-19-21(13-16)35-15-34-19)28(26(31)25(22)30)12-11-27-9-3-4-10-27/h5-8,13-14,23,29H,3-4,9-12,15H2,1-2H3/t23-/m1/s1. The highest BCUT2D eigenvalue weighted by Gasteiger charge is 2.46. The Morgan fingerprint density at radius 3 is 2.46 bits per heavy atom. The van der Waals surface area contributed by atoms with Crippen molar-refractivity contribution in [1.29, 1.82) is 0 Å². The van der Waals surface area contributed by atoms with Crippen molar-refractivity contribution in [3.8, 4) is 23.0 Å². The first kappa shape index (κ1) is 23.0. The molecule has 2 fully saturated rings. The lowest BCUT2D eigenvalue weighted by Gasteiger charge is -2.27. The zero-order chi connectivity index (χ0) is 24.5. The number of fused-ring (bicyclic) bond motifs is 1. The number of ether oxygens (including phenoxy) is 4. The van der Waals surface area contributed by atoms with Crippen LogP contribution in [0.5, 0.6) is 23.0 Å². The molecule has 2 aromatic carbocycles. The van der Waals surface area contributed by atoms with E-state index in [-0.39, 0.29) is 18.1 Å². The molecule has 9 nitrogen and oxygen atoms in total. The Morgan fingerprint density at radius 2 is 1.71 bits per heavy atom. The highest BCUT2D eigenvalue weighted by Crippen LogP contribution is 2.43. The zero-order valence-corrected chi connectivity index (χ0v) is 19.8. The maximum Gasteiger partial charge on any atom is 0.295 e. The van der Waals surface area contributed by atoms with Gasteiger partial charge >= 0.3 is 0 Å². The number of hydrogen-bond acceptors (Lipinski definition) is 8. The van der Waals surface area contributed by atoms with Gasteiger partial charge in [-0.1, -0.05) is 6.07 Å². The SMILES string of the molecule is COc1ccc(C(O)=C2C(=O)C(=O)N(CCN3CCCC3)[C@@H]2c2ccc3c(c2)OCO3)cc1OC. The van der Waals surface area contributed by atoms with Crippen LogP contribution in [0.4, 0.5) is 0 Å². The first-order valence-corrected chi connectivity index (χ1v) is 11.6. The predicted octanol–water partition coefficient (Wildman–Crippen LogP) is 2.95. The van der Waals surface area contributed by atoms with Crippen LogP contribution in [0.25, 0.3) is 5.76 Å². The summed E-state index contributed by atoms with van der Waals surface area (Å²) >= 11 is 0. The van der Waals surface area contributed by atoms with Gasteiger partial charge in [0, 0.05) is 18.7 Å². The number of aliphatic hydroxyl groups is 1. The fraction of sp³-hybridized carbons (Fsp3) is 0.385. The number of hydrogen-bond donors (Lipinski definition) is 1. The fourth-order valence-corrected chi connectivity index (χ4v) is 4.93. The molecule has 3 aliphatic heterocycles. The van der Waals surface area contributed by atoms with Crippen molar-refractivity contribution in [2.75, 3.05) is 47.2 Å². The van der Waals surface area contributed by atoms with Crippen LogP contribution in [-0.2, 0) is 9.59 Å². The minimum atomic E-state index is -0.764. The lowest BCUT2D eigenvalue weighted by Crippen LogP contribution is -2.37. The molecule has 1 atom stereocenters. The minimum absolute atomic E-state index is 0.0301. The van der Waals surface area contributed by atoms with E-state index in [4.69, 9.17) is 18.9 Å². The molecule has 184 valence electrons. The third-order valence-corrected chi connectivity index (χ3v) is 6.77. The van der Waals surface area contributed by atoms with Crippen molar-refractivity contribution < 1.29 is 33.6 Å². The van der Waals surface area contributed by atoms with E-state index in [9.17, 15) is 14.7 Å². The van der Waals surface area contributed by atoms with Gasteiger partial charge in [0.25, 0.3) is 11.7 Å². The molecule has 35 heavy (non-hydrogen) atoms. The molecule has 1 N–H and O–H groups in total. The van der Waals surface area contributed by atoms with E-state index < -0.39 is 17.7 Å². The van der Waals surface area contributed by atoms with Gasteiger partial charge in [0.05, 0.1) is 25.8 Å². The molecule has 3 aliphatic rings. The molecule has 9 heteroatoms. The van der Waals surface area contributed by atoms with Crippen LogP contribution >= 0.6 is 0 Å². The number of ketones is 1. The van der Waals surface area contributed by atoms with Gasteiger partial charge in [-0.25, -0.2) is 0 Å². The van der Waals surface area contributed by atoms with Gasteiger partial charge in [-0.2, -0.15) is 0 Å². The number of methoxy groups -OCH3 is 2. The highest BCUT2D eigenvalue weighted by molar-refractivity contribution is 6.46. The number of carbonyl (C=O) groups excluding carboxylic acids is 2. The summed E-state index contributed by atoms with van der Waals surface area (Å²) in [5, 5.41) is 11.3. The number of Topliss-reactive ketones (excluding diaryl/α,β-unsaturated/α-hetero) is 1. The van der Waals surface area contributed by atoms with Crippen LogP contribution in [0.3, 0.4) is 0 Å². The van der Waals surface area contributed by atoms with Crippen molar-refractivity contribution >= 4 is 17.4 Å². The number of rotatable bonds is 7. The molecule has 0 saturated carbocycles. The Balaban J connectivity index is 1.58.